The summed E-state index contributed by atoms with van der Waals surface area (Å²) in [7, 11) is 0. The molecule has 0 aromatic heterocycles. The zero-order valence-electron chi connectivity index (χ0n) is 14.7. The molecular formula is C20H25N3O3. The highest BCUT2D eigenvalue weighted by molar-refractivity contribution is 6.48. The maximum atomic E-state index is 11.5. The van der Waals surface area contributed by atoms with E-state index in [1.807, 2.05) is 36.4 Å². The van der Waals surface area contributed by atoms with Crippen molar-refractivity contribution >= 4 is 17.3 Å². The summed E-state index contributed by atoms with van der Waals surface area (Å²) in [6.45, 7) is 0. The number of allylic oxidation sites excluding steroid dienone is 1. The van der Waals surface area contributed by atoms with Crippen LogP contribution in [0, 0.1) is 5.92 Å². The van der Waals surface area contributed by atoms with Crippen molar-refractivity contribution in [1.29, 1.82) is 0 Å². The van der Waals surface area contributed by atoms with Gasteiger partial charge in [0.05, 0.1) is 17.3 Å². The first kappa shape index (κ1) is 19.8. The Morgan fingerprint density at radius 3 is 2.62 bits per heavy atom. The van der Waals surface area contributed by atoms with E-state index in [-0.39, 0.29) is 0 Å². The van der Waals surface area contributed by atoms with Crippen molar-refractivity contribution in [3.8, 4) is 0 Å². The second-order valence-electron chi connectivity index (χ2n) is 6.12. The summed E-state index contributed by atoms with van der Waals surface area (Å²) in [4.78, 5) is 20.6. The molecular weight excluding hydrogens is 330 g/mol. The Balaban J connectivity index is 2.27. The number of aliphatic imine (C=N–C) groups is 2. The molecule has 26 heavy (non-hydrogen) atoms. The lowest BCUT2D eigenvalue weighted by Crippen LogP contribution is -2.21. The molecule has 1 atom stereocenters. The van der Waals surface area contributed by atoms with E-state index in [1.165, 1.54) is 0 Å². The molecule has 2 rings (SSSR count). The van der Waals surface area contributed by atoms with E-state index in [0.717, 1.165) is 23.4 Å². The van der Waals surface area contributed by atoms with Gasteiger partial charge in [-0.2, -0.15) is 0 Å². The van der Waals surface area contributed by atoms with Crippen LogP contribution in [0.2, 0.25) is 0 Å². The van der Waals surface area contributed by atoms with Crippen LogP contribution >= 0.6 is 0 Å². The summed E-state index contributed by atoms with van der Waals surface area (Å²) in [5.74, 6) is -0.804. The van der Waals surface area contributed by atoms with Crippen molar-refractivity contribution in [3.05, 3.63) is 60.4 Å². The summed E-state index contributed by atoms with van der Waals surface area (Å²) >= 11 is 0. The van der Waals surface area contributed by atoms with Crippen LogP contribution in [0.4, 0.5) is 0 Å². The molecule has 6 nitrogen and oxygen atoms in total. The number of rotatable bonds is 7. The number of carbonyl (C=O) groups excluding carboxylic acids is 1. The number of nitrogens with zero attached hydrogens (tertiary/aromatic N) is 2. The van der Waals surface area contributed by atoms with Crippen LogP contribution in [-0.4, -0.2) is 33.8 Å². The summed E-state index contributed by atoms with van der Waals surface area (Å²) < 4.78 is 0. The summed E-state index contributed by atoms with van der Waals surface area (Å²) in [5.41, 5.74) is 7.92. The van der Waals surface area contributed by atoms with Crippen molar-refractivity contribution < 1.29 is 15.0 Å². The third-order valence-corrected chi connectivity index (χ3v) is 4.06. The van der Waals surface area contributed by atoms with Crippen LogP contribution in [0.25, 0.3) is 0 Å². The van der Waals surface area contributed by atoms with Gasteiger partial charge in [-0.1, -0.05) is 42.5 Å². The number of aliphatic hydroxyl groups excluding tert-OH is 1. The van der Waals surface area contributed by atoms with Crippen molar-refractivity contribution in [1.82, 2.24) is 0 Å². The molecule has 0 spiro atoms. The van der Waals surface area contributed by atoms with E-state index in [2.05, 4.69) is 9.98 Å². The highest BCUT2D eigenvalue weighted by Crippen LogP contribution is 2.13. The minimum atomic E-state index is -1.29. The molecule has 4 N–H and O–H groups in total. The number of carbonyl (C=O) groups is 1. The molecule has 6 heteroatoms. The van der Waals surface area contributed by atoms with Crippen molar-refractivity contribution in [2.24, 2.45) is 21.6 Å². The van der Waals surface area contributed by atoms with Crippen LogP contribution in [-0.2, 0) is 4.79 Å². The lowest BCUT2D eigenvalue weighted by molar-refractivity contribution is -0.120. The second kappa shape index (κ2) is 10.4. The maximum Gasteiger partial charge on any atom is 0.224 e. The molecule has 1 amide bonds. The van der Waals surface area contributed by atoms with E-state index >= 15 is 0 Å². The van der Waals surface area contributed by atoms with Gasteiger partial charge in [0.15, 0.2) is 6.29 Å². The fraction of sp³-hybridized carbons (Fsp3) is 0.350. The first-order chi connectivity index (χ1) is 12.6. The number of benzene rings is 1. The fourth-order valence-corrected chi connectivity index (χ4v) is 2.64. The van der Waals surface area contributed by atoms with Gasteiger partial charge >= 0.3 is 0 Å². The second-order valence-corrected chi connectivity index (χ2v) is 6.12. The maximum absolute atomic E-state index is 11.5. The Morgan fingerprint density at radius 1 is 1.15 bits per heavy atom. The third kappa shape index (κ3) is 6.38. The number of primary amides is 1. The van der Waals surface area contributed by atoms with E-state index in [9.17, 15) is 4.79 Å². The quantitative estimate of drug-likeness (QED) is 0.516. The summed E-state index contributed by atoms with van der Waals surface area (Å²) in [5, 5.41) is 18.0. The average molecular weight is 355 g/mol. The molecule has 138 valence electrons. The van der Waals surface area contributed by atoms with Crippen LogP contribution in [0.1, 0.15) is 37.7 Å². The highest BCUT2D eigenvalue weighted by Gasteiger charge is 2.14. The number of nitrogens with two attached hydrogens (primary N) is 1. The lowest BCUT2D eigenvalue weighted by atomic mass is 10.00. The van der Waals surface area contributed by atoms with Gasteiger partial charge in [-0.3, -0.25) is 14.8 Å². The number of unbranched alkanes of at least 4 members (excludes halogenated alkanes) is 1. The van der Waals surface area contributed by atoms with Crippen molar-refractivity contribution in [2.75, 3.05) is 0 Å². The molecule has 1 aliphatic rings. The van der Waals surface area contributed by atoms with Crippen molar-refractivity contribution in [2.45, 2.75) is 38.4 Å². The van der Waals surface area contributed by atoms with Crippen LogP contribution < -0.4 is 5.73 Å². The largest absolute Gasteiger partial charge is 0.369 e. The molecule has 1 heterocycles. The predicted octanol–water partition coefficient (Wildman–Crippen LogP) is 2.32. The molecule has 0 radical (unpaired) electrons. The summed E-state index contributed by atoms with van der Waals surface area (Å²) in [6.07, 6.45) is 8.41. The number of hydrogen-bond donors (Lipinski definition) is 3. The number of amides is 1. The summed E-state index contributed by atoms with van der Waals surface area (Å²) in [6, 6.07) is 9.78. The topological polar surface area (TPSA) is 108 Å². The van der Waals surface area contributed by atoms with Crippen molar-refractivity contribution in [3.63, 3.8) is 0 Å². The Labute approximate surface area is 153 Å². The van der Waals surface area contributed by atoms with Gasteiger partial charge in [0.2, 0.25) is 5.91 Å². The number of aliphatic hydroxyl groups is 2. The third-order valence-electron chi connectivity index (χ3n) is 4.06. The lowest BCUT2D eigenvalue weighted by Gasteiger charge is -2.11. The standard InChI is InChI=1S/C20H25N3O3/c21-20(26)16-9-6-13-23-19(15-7-2-1-3-8-15)17(22-14-12-16)10-4-5-11-18(24)25/h1-3,6-8,12-14,16,18,24-25H,4-5,9-11H2,(H2,21,26)/b13-6+,14-12+,22-17-,23-19-. The van der Waals surface area contributed by atoms with Gasteiger partial charge in [-0.15, -0.1) is 0 Å². The number of hydrogen-bond acceptors (Lipinski definition) is 5. The SMILES string of the molecule is NC(=O)C1/C=C/N=C(CCCCC(O)O)\C(c2ccccc2)=N/C=C/C1. The normalized spacial score (nSPS) is 24.2. The fourth-order valence-electron chi connectivity index (χ4n) is 2.64. The zero-order valence-corrected chi connectivity index (χ0v) is 14.7. The molecule has 0 saturated carbocycles. The van der Waals surface area contributed by atoms with Gasteiger partial charge in [-0.25, -0.2) is 0 Å². The molecule has 0 fully saturated rings. The van der Waals surface area contributed by atoms with E-state index in [1.54, 1.807) is 18.5 Å². The van der Waals surface area contributed by atoms with Gasteiger partial charge in [0.25, 0.3) is 0 Å². The Bertz CT molecular complexity index is 706. The molecule has 1 unspecified atom stereocenters. The molecule has 0 aliphatic carbocycles. The first-order valence-electron chi connectivity index (χ1n) is 8.75. The molecule has 1 aromatic rings. The van der Waals surface area contributed by atoms with E-state index in [0.29, 0.717) is 25.7 Å². The zero-order chi connectivity index (χ0) is 18.8. The molecule has 0 saturated heterocycles. The molecule has 0 bridgehead atoms. The monoisotopic (exact) mass is 355 g/mol. The Kier molecular flexibility index (Phi) is 7.92. The predicted molar refractivity (Wildman–Crippen MR) is 103 cm³/mol. The average Bonchev–Trinajstić information content (AvgIpc) is 2.63. The van der Waals surface area contributed by atoms with Crippen LogP contribution in [0.5, 0.6) is 0 Å². The minimum absolute atomic E-state index is 0.324. The van der Waals surface area contributed by atoms with Crippen LogP contribution in [0.3, 0.4) is 0 Å². The van der Waals surface area contributed by atoms with Gasteiger partial charge in [0, 0.05) is 18.0 Å². The molecule has 1 aliphatic heterocycles. The molecule has 1 aromatic carbocycles. The van der Waals surface area contributed by atoms with E-state index < -0.39 is 18.1 Å². The highest BCUT2D eigenvalue weighted by atomic mass is 16.5. The minimum Gasteiger partial charge on any atom is -0.369 e. The Hall–Kier alpha value is -2.57. The van der Waals surface area contributed by atoms with Gasteiger partial charge in [-0.05, 0) is 32.1 Å². The first-order valence-corrected chi connectivity index (χ1v) is 8.75. The Morgan fingerprint density at radius 2 is 1.92 bits per heavy atom. The smallest absolute Gasteiger partial charge is 0.224 e. The van der Waals surface area contributed by atoms with Crippen LogP contribution in [0.15, 0.2) is 64.9 Å². The van der Waals surface area contributed by atoms with Gasteiger partial charge in [0.1, 0.15) is 0 Å². The van der Waals surface area contributed by atoms with Gasteiger partial charge < -0.3 is 15.9 Å². The van der Waals surface area contributed by atoms with E-state index in [4.69, 9.17) is 15.9 Å².